The summed E-state index contributed by atoms with van der Waals surface area (Å²) >= 11 is 0. The van der Waals surface area contributed by atoms with Gasteiger partial charge in [0.25, 0.3) is 0 Å². The van der Waals surface area contributed by atoms with Gasteiger partial charge in [-0.15, -0.1) is 0 Å². The zero-order valence-corrected chi connectivity index (χ0v) is 11.2. The highest BCUT2D eigenvalue weighted by atomic mass is 16.7. The summed E-state index contributed by atoms with van der Waals surface area (Å²) in [5.74, 6) is -3.33. The van der Waals surface area contributed by atoms with E-state index in [4.69, 9.17) is 18.9 Å². The molecule has 1 aliphatic carbocycles. The fourth-order valence-electron chi connectivity index (χ4n) is 2.25. The smallest absolute Gasteiger partial charge is 0.315 e. The topological polar surface area (TPSA) is 71.1 Å². The van der Waals surface area contributed by atoms with Crippen LogP contribution in [0, 0.1) is 11.8 Å². The summed E-state index contributed by atoms with van der Waals surface area (Å²) in [5, 5.41) is 0. The Kier molecular flexibility index (Phi) is 5.10. The molecular formula is C12H20O6. The maximum absolute atomic E-state index is 11.9. The number of hydrogen-bond acceptors (Lipinski definition) is 6. The second-order valence-corrected chi connectivity index (χ2v) is 4.01. The number of carbonyl (C=O) groups excluding carboxylic acids is 2. The molecule has 2 atom stereocenters. The van der Waals surface area contributed by atoms with Crippen LogP contribution in [0.5, 0.6) is 0 Å². The summed E-state index contributed by atoms with van der Waals surface area (Å²) in [7, 11) is 2.88. The molecule has 104 valence electrons. The van der Waals surface area contributed by atoms with Gasteiger partial charge in [-0.3, -0.25) is 9.59 Å². The minimum atomic E-state index is -1.08. The van der Waals surface area contributed by atoms with Gasteiger partial charge in [-0.2, -0.15) is 0 Å². The zero-order chi connectivity index (χ0) is 13.8. The fourth-order valence-corrected chi connectivity index (χ4v) is 2.25. The Hall–Kier alpha value is -1.14. The van der Waals surface area contributed by atoms with Crippen molar-refractivity contribution < 1.29 is 28.5 Å². The van der Waals surface area contributed by atoms with E-state index in [2.05, 4.69) is 0 Å². The first-order valence-corrected chi connectivity index (χ1v) is 5.99. The van der Waals surface area contributed by atoms with E-state index in [1.165, 1.54) is 14.2 Å². The third-order valence-corrected chi connectivity index (χ3v) is 3.20. The standard InChI is InChI=1S/C12H20O6/c1-5-17-10(13)8-7-12(15-3,16-4)9(8)11(14)18-6-2/h8-9H,5-7H2,1-4H3/t8-,9-/m0/s1. The van der Waals surface area contributed by atoms with E-state index in [0.29, 0.717) is 6.42 Å². The lowest BCUT2D eigenvalue weighted by Crippen LogP contribution is -2.62. The second kappa shape index (κ2) is 6.15. The molecule has 0 saturated heterocycles. The molecule has 18 heavy (non-hydrogen) atoms. The van der Waals surface area contributed by atoms with Crippen LogP contribution in [-0.2, 0) is 28.5 Å². The van der Waals surface area contributed by atoms with Crippen molar-refractivity contribution in [1.82, 2.24) is 0 Å². The SMILES string of the molecule is CCOC(=O)[C@H]1CC(OC)(OC)[C@@H]1C(=O)OCC. The fraction of sp³-hybridized carbons (Fsp3) is 0.833. The third kappa shape index (κ3) is 2.49. The van der Waals surface area contributed by atoms with Gasteiger partial charge >= 0.3 is 11.9 Å². The highest BCUT2D eigenvalue weighted by Gasteiger charge is 2.63. The van der Waals surface area contributed by atoms with Gasteiger partial charge in [0.1, 0.15) is 5.92 Å². The van der Waals surface area contributed by atoms with Crippen LogP contribution in [0.25, 0.3) is 0 Å². The number of methoxy groups -OCH3 is 2. The average Bonchev–Trinajstić information content (AvgIpc) is 2.30. The van der Waals surface area contributed by atoms with Gasteiger partial charge in [-0.1, -0.05) is 0 Å². The lowest BCUT2D eigenvalue weighted by Gasteiger charge is -2.49. The zero-order valence-electron chi connectivity index (χ0n) is 11.2. The molecule has 0 amide bonds. The van der Waals surface area contributed by atoms with Crippen molar-refractivity contribution in [1.29, 1.82) is 0 Å². The summed E-state index contributed by atoms with van der Waals surface area (Å²) in [4.78, 5) is 23.6. The van der Waals surface area contributed by atoms with Crippen LogP contribution in [0.4, 0.5) is 0 Å². The minimum Gasteiger partial charge on any atom is -0.466 e. The molecule has 1 fully saturated rings. The van der Waals surface area contributed by atoms with E-state index in [9.17, 15) is 9.59 Å². The van der Waals surface area contributed by atoms with Crippen molar-refractivity contribution in [2.24, 2.45) is 11.8 Å². The van der Waals surface area contributed by atoms with Crippen molar-refractivity contribution in [2.45, 2.75) is 26.1 Å². The molecule has 0 radical (unpaired) electrons. The van der Waals surface area contributed by atoms with Gasteiger partial charge in [0.15, 0.2) is 5.79 Å². The minimum absolute atomic E-state index is 0.244. The Morgan fingerprint density at radius 1 is 1.06 bits per heavy atom. The van der Waals surface area contributed by atoms with Gasteiger partial charge in [0.2, 0.25) is 0 Å². The van der Waals surface area contributed by atoms with Crippen LogP contribution in [0.1, 0.15) is 20.3 Å². The molecule has 0 unspecified atom stereocenters. The number of esters is 2. The molecule has 1 saturated carbocycles. The van der Waals surface area contributed by atoms with E-state index >= 15 is 0 Å². The molecule has 6 heteroatoms. The number of hydrogen-bond donors (Lipinski definition) is 0. The molecule has 0 aliphatic heterocycles. The van der Waals surface area contributed by atoms with Crippen LogP contribution < -0.4 is 0 Å². The molecule has 0 aromatic carbocycles. The maximum atomic E-state index is 11.9. The van der Waals surface area contributed by atoms with E-state index in [1.54, 1.807) is 13.8 Å². The monoisotopic (exact) mass is 260 g/mol. The Morgan fingerprint density at radius 2 is 1.56 bits per heavy atom. The lowest BCUT2D eigenvalue weighted by atomic mass is 9.67. The van der Waals surface area contributed by atoms with Crippen molar-refractivity contribution in [3.05, 3.63) is 0 Å². The van der Waals surface area contributed by atoms with Crippen molar-refractivity contribution in [2.75, 3.05) is 27.4 Å². The summed E-state index contributed by atoms with van der Waals surface area (Å²) in [6.07, 6.45) is 0.294. The summed E-state index contributed by atoms with van der Waals surface area (Å²) in [5.41, 5.74) is 0. The van der Waals surface area contributed by atoms with Crippen LogP contribution >= 0.6 is 0 Å². The van der Waals surface area contributed by atoms with Crippen LogP contribution in [-0.4, -0.2) is 45.2 Å². The van der Waals surface area contributed by atoms with Crippen LogP contribution in [0.2, 0.25) is 0 Å². The van der Waals surface area contributed by atoms with E-state index in [1.807, 2.05) is 0 Å². The molecule has 0 bridgehead atoms. The normalized spacial score (nSPS) is 25.1. The average molecular weight is 260 g/mol. The first kappa shape index (κ1) is 14.9. The maximum Gasteiger partial charge on any atom is 0.315 e. The third-order valence-electron chi connectivity index (χ3n) is 3.20. The first-order valence-electron chi connectivity index (χ1n) is 5.99. The van der Waals surface area contributed by atoms with Gasteiger partial charge in [-0.05, 0) is 13.8 Å². The van der Waals surface area contributed by atoms with Gasteiger partial charge in [-0.25, -0.2) is 0 Å². The Balaban J connectivity index is 2.84. The summed E-state index contributed by atoms with van der Waals surface area (Å²) in [6, 6.07) is 0. The van der Waals surface area contributed by atoms with Gasteiger partial charge in [0.05, 0.1) is 19.1 Å². The number of carbonyl (C=O) groups is 2. The van der Waals surface area contributed by atoms with Crippen molar-refractivity contribution in [3.63, 3.8) is 0 Å². The van der Waals surface area contributed by atoms with Crippen molar-refractivity contribution in [3.8, 4) is 0 Å². The predicted molar refractivity (Wildman–Crippen MR) is 61.6 cm³/mol. The van der Waals surface area contributed by atoms with Gasteiger partial charge in [0, 0.05) is 20.6 Å². The Bertz CT molecular complexity index is 310. The van der Waals surface area contributed by atoms with Crippen LogP contribution in [0.15, 0.2) is 0 Å². The van der Waals surface area contributed by atoms with E-state index in [-0.39, 0.29) is 13.2 Å². The summed E-state index contributed by atoms with van der Waals surface area (Å²) in [6.45, 7) is 3.94. The van der Waals surface area contributed by atoms with Crippen molar-refractivity contribution >= 4 is 11.9 Å². The molecule has 0 spiro atoms. The number of ether oxygens (including phenoxy) is 4. The molecule has 0 heterocycles. The Morgan fingerprint density at radius 3 is 2.00 bits per heavy atom. The molecule has 1 rings (SSSR count). The van der Waals surface area contributed by atoms with Crippen LogP contribution in [0.3, 0.4) is 0 Å². The summed E-state index contributed by atoms with van der Waals surface area (Å²) < 4.78 is 20.3. The molecule has 0 aromatic heterocycles. The highest BCUT2D eigenvalue weighted by Crippen LogP contribution is 2.48. The largest absolute Gasteiger partial charge is 0.466 e. The quantitative estimate of drug-likeness (QED) is 0.518. The molecule has 0 N–H and O–H groups in total. The predicted octanol–water partition coefficient (Wildman–Crippen LogP) is 0.738. The number of rotatable bonds is 6. The van der Waals surface area contributed by atoms with E-state index in [0.717, 1.165) is 0 Å². The lowest BCUT2D eigenvalue weighted by molar-refractivity contribution is -0.305. The molecule has 6 nitrogen and oxygen atoms in total. The molecule has 1 aliphatic rings. The van der Waals surface area contributed by atoms with E-state index < -0.39 is 29.6 Å². The second-order valence-electron chi connectivity index (χ2n) is 4.01. The van der Waals surface area contributed by atoms with Gasteiger partial charge < -0.3 is 18.9 Å². The first-order chi connectivity index (χ1) is 8.56. The molecule has 0 aromatic rings. The Labute approximate surface area is 107 Å². The highest BCUT2D eigenvalue weighted by molar-refractivity contribution is 5.85. The molecular weight excluding hydrogens is 240 g/mol.